The molecule has 0 aliphatic rings. The third-order valence-electron chi connectivity index (χ3n) is 5.05. The van der Waals surface area contributed by atoms with Crippen molar-refractivity contribution in [2.75, 3.05) is 0 Å². The predicted molar refractivity (Wildman–Crippen MR) is 128 cm³/mol. The van der Waals surface area contributed by atoms with Crippen LogP contribution in [-0.2, 0) is 13.0 Å². The molecule has 12 heteroatoms. The maximum atomic E-state index is 12.4. The van der Waals surface area contributed by atoms with Gasteiger partial charge in [0.1, 0.15) is 11.4 Å². The summed E-state index contributed by atoms with van der Waals surface area (Å²) in [6.07, 6.45) is 5.33. The number of carbonyl (C=O) groups excluding carboxylic acids is 1. The monoisotopic (exact) mass is 508 g/mol. The number of ketones is 1. The molecule has 0 amide bonds. The molecule has 1 aromatic carbocycles. The number of aromatic nitrogens is 6. The number of Topliss-reactive ketones (excluding diaryl/α,β-unsaturated/α-hetero) is 1. The number of ether oxygens (including phenoxy) is 1. The van der Waals surface area contributed by atoms with Crippen LogP contribution in [0.5, 0.6) is 5.75 Å². The minimum Gasteiger partial charge on any atom is -0.483 e. The van der Waals surface area contributed by atoms with Gasteiger partial charge in [-0.05, 0) is 30.3 Å². The van der Waals surface area contributed by atoms with Crippen molar-refractivity contribution in [3.63, 3.8) is 0 Å². The van der Waals surface area contributed by atoms with Gasteiger partial charge in [0, 0.05) is 31.2 Å². The second-order valence-corrected chi connectivity index (χ2v) is 9.09. The molecule has 0 N–H and O–H groups in total. The van der Waals surface area contributed by atoms with Gasteiger partial charge in [0.05, 0.1) is 26.8 Å². The molecule has 0 aliphatic heterocycles. The average Bonchev–Trinajstić information content (AvgIpc) is 3.64. The highest BCUT2D eigenvalue weighted by atomic mass is 35.5. The minimum atomic E-state index is -0.177. The van der Waals surface area contributed by atoms with Crippen molar-refractivity contribution >= 4 is 28.7 Å². The van der Waals surface area contributed by atoms with Crippen LogP contribution in [0.15, 0.2) is 76.6 Å². The average molecular weight is 509 g/mol. The summed E-state index contributed by atoms with van der Waals surface area (Å²) < 4.78 is 14.4. The fourth-order valence-electron chi connectivity index (χ4n) is 3.36. The van der Waals surface area contributed by atoms with Crippen LogP contribution >= 0.6 is 22.9 Å². The van der Waals surface area contributed by atoms with Crippen molar-refractivity contribution in [3.8, 4) is 17.1 Å². The molecule has 0 radical (unpaired) electrons. The minimum absolute atomic E-state index is 0.00163. The lowest BCUT2D eigenvalue weighted by atomic mass is 10.1. The van der Waals surface area contributed by atoms with Crippen LogP contribution in [0.2, 0.25) is 4.34 Å². The SMILES string of the molecule is O=C(CCc1cn(-c2ccc(-n3ccccc3=O)cc2OCc2ncon2)nn1)c1ccc(Cl)s1. The van der Waals surface area contributed by atoms with Crippen molar-refractivity contribution in [2.45, 2.75) is 19.4 Å². The lowest BCUT2D eigenvalue weighted by molar-refractivity contribution is 0.0986. The third kappa shape index (κ3) is 5.20. The largest absolute Gasteiger partial charge is 0.483 e. The Morgan fingerprint density at radius 2 is 2.09 bits per heavy atom. The van der Waals surface area contributed by atoms with Gasteiger partial charge in [0.2, 0.25) is 12.2 Å². The molecule has 0 unspecified atom stereocenters. The number of thiophene rings is 1. The van der Waals surface area contributed by atoms with Crippen molar-refractivity contribution in [1.82, 2.24) is 29.7 Å². The Balaban J connectivity index is 1.40. The summed E-state index contributed by atoms with van der Waals surface area (Å²) in [5, 5.41) is 12.2. The summed E-state index contributed by atoms with van der Waals surface area (Å²) in [7, 11) is 0. The Hall–Kier alpha value is -4.09. The van der Waals surface area contributed by atoms with Crippen LogP contribution < -0.4 is 10.3 Å². The maximum absolute atomic E-state index is 12.4. The molecule has 0 fully saturated rings. The summed E-state index contributed by atoms with van der Waals surface area (Å²) in [6, 6.07) is 13.6. The molecular weight excluding hydrogens is 492 g/mol. The van der Waals surface area contributed by atoms with E-state index >= 15 is 0 Å². The van der Waals surface area contributed by atoms with Crippen molar-refractivity contribution < 1.29 is 14.1 Å². The number of halogens is 1. The highest BCUT2D eigenvalue weighted by molar-refractivity contribution is 7.18. The topological polar surface area (TPSA) is 118 Å². The zero-order valence-corrected chi connectivity index (χ0v) is 19.6. The first-order valence-electron chi connectivity index (χ1n) is 10.5. The van der Waals surface area contributed by atoms with Gasteiger partial charge in [-0.2, -0.15) is 4.98 Å². The quantitative estimate of drug-likeness (QED) is 0.275. The normalized spacial score (nSPS) is 11.0. The van der Waals surface area contributed by atoms with E-state index in [0.29, 0.717) is 44.3 Å². The molecular formula is C23H17ClN6O4S. The summed E-state index contributed by atoms with van der Waals surface area (Å²) in [5.74, 6) is 0.798. The summed E-state index contributed by atoms with van der Waals surface area (Å²) in [6.45, 7) is 0.0517. The molecule has 0 saturated heterocycles. The number of carbonyl (C=O) groups is 1. The van der Waals surface area contributed by atoms with E-state index in [9.17, 15) is 9.59 Å². The second-order valence-electron chi connectivity index (χ2n) is 7.38. The molecule has 4 heterocycles. The van der Waals surface area contributed by atoms with Gasteiger partial charge in [0.15, 0.2) is 12.4 Å². The van der Waals surface area contributed by atoms with E-state index in [1.807, 2.05) is 0 Å². The van der Waals surface area contributed by atoms with Crippen LogP contribution in [-0.4, -0.2) is 35.5 Å². The van der Waals surface area contributed by atoms with Gasteiger partial charge in [-0.15, -0.1) is 16.4 Å². The molecule has 4 aromatic heterocycles. The Bertz CT molecular complexity index is 1520. The summed E-state index contributed by atoms with van der Waals surface area (Å²) in [5.41, 5.74) is 1.68. The van der Waals surface area contributed by atoms with Gasteiger partial charge in [-0.1, -0.05) is 28.0 Å². The first-order valence-corrected chi connectivity index (χ1v) is 11.7. The van der Waals surface area contributed by atoms with Crippen LogP contribution in [0.3, 0.4) is 0 Å². The van der Waals surface area contributed by atoms with Gasteiger partial charge in [-0.3, -0.25) is 14.2 Å². The molecule has 176 valence electrons. The van der Waals surface area contributed by atoms with Crippen molar-refractivity contribution in [3.05, 3.63) is 98.4 Å². The first kappa shape index (κ1) is 22.7. The second kappa shape index (κ2) is 10.0. The van der Waals surface area contributed by atoms with E-state index in [4.69, 9.17) is 20.9 Å². The molecule has 35 heavy (non-hydrogen) atoms. The standard InChI is InChI=1S/C23H17ClN6O4S/c24-21-9-8-20(35-21)18(31)7-4-15-12-30(28-26-15)17-6-5-16(29-10-2-1-3-23(29)32)11-19(17)33-13-22-25-14-34-27-22/h1-3,5-6,8-12,14H,4,7,13H2. The third-order valence-corrected chi connectivity index (χ3v) is 6.32. The lowest BCUT2D eigenvalue weighted by Gasteiger charge is -2.13. The molecule has 5 aromatic rings. The highest BCUT2D eigenvalue weighted by Crippen LogP contribution is 2.27. The van der Waals surface area contributed by atoms with E-state index < -0.39 is 0 Å². The van der Waals surface area contributed by atoms with Gasteiger partial charge in [-0.25, -0.2) is 4.68 Å². The molecule has 0 atom stereocenters. The Morgan fingerprint density at radius 1 is 1.17 bits per heavy atom. The maximum Gasteiger partial charge on any atom is 0.255 e. The zero-order chi connectivity index (χ0) is 24.2. The Kier molecular flexibility index (Phi) is 6.51. The van der Waals surface area contributed by atoms with Gasteiger partial charge in [0.25, 0.3) is 5.56 Å². The van der Waals surface area contributed by atoms with Crippen molar-refractivity contribution in [1.29, 1.82) is 0 Å². The number of nitrogens with zero attached hydrogens (tertiary/aromatic N) is 6. The number of pyridine rings is 1. The van der Waals surface area contributed by atoms with Gasteiger partial charge < -0.3 is 9.26 Å². The number of aryl methyl sites for hydroxylation is 1. The van der Waals surface area contributed by atoms with Crippen LogP contribution in [0, 0.1) is 0 Å². The van der Waals surface area contributed by atoms with E-state index in [1.165, 1.54) is 28.4 Å². The number of benzene rings is 1. The Labute approximate surface area is 207 Å². The van der Waals surface area contributed by atoms with E-state index in [0.717, 1.165) is 0 Å². The molecule has 0 bridgehead atoms. The fraction of sp³-hybridized carbons (Fsp3) is 0.130. The van der Waals surface area contributed by atoms with Crippen LogP contribution in [0.4, 0.5) is 0 Å². The van der Waals surface area contributed by atoms with E-state index in [1.54, 1.807) is 59.5 Å². The molecule has 10 nitrogen and oxygen atoms in total. The van der Waals surface area contributed by atoms with E-state index in [2.05, 4.69) is 20.5 Å². The highest BCUT2D eigenvalue weighted by Gasteiger charge is 2.15. The first-order chi connectivity index (χ1) is 17.1. The lowest BCUT2D eigenvalue weighted by Crippen LogP contribution is -2.16. The smallest absolute Gasteiger partial charge is 0.255 e. The number of rotatable bonds is 9. The molecule has 0 saturated carbocycles. The molecule has 5 rings (SSSR count). The zero-order valence-electron chi connectivity index (χ0n) is 18.1. The number of hydrogen-bond acceptors (Lipinski definition) is 9. The van der Waals surface area contributed by atoms with Crippen LogP contribution in [0.25, 0.3) is 11.4 Å². The van der Waals surface area contributed by atoms with Crippen LogP contribution in [0.1, 0.15) is 27.6 Å². The molecule has 0 aliphatic carbocycles. The van der Waals surface area contributed by atoms with Gasteiger partial charge >= 0.3 is 0 Å². The fourth-order valence-corrected chi connectivity index (χ4v) is 4.37. The predicted octanol–water partition coefficient (Wildman–Crippen LogP) is 3.91. The van der Waals surface area contributed by atoms with E-state index in [-0.39, 0.29) is 24.4 Å². The summed E-state index contributed by atoms with van der Waals surface area (Å²) >= 11 is 7.18. The number of hydrogen-bond donors (Lipinski definition) is 0. The Morgan fingerprint density at radius 3 is 2.86 bits per heavy atom. The summed E-state index contributed by atoms with van der Waals surface area (Å²) in [4.78, 5) is 29.3. The van der Waals surface area contributed by atoms with Crippen molar-refractivity contribution in [2.24, 2.45) is 0 Å². The molecule has 0 spiro atoms.